The van der Waals surface area contributed by atoms with Crippen LogP contribution >= 0.6 is 0 Å². The molecule has 4 rings (SSSR count). The van der Waals surface area contributed by atoms with Gasteiger partial charge in [-0.05, 0) is 55.4 Å². The van der Waals surface area contributed by atoms with Gasteiger partial charge in [-0.2, -0.15) is 0 Å². The predicted molar refractivity (Wildman–Crippen MR) is 105 cm³/mol. The van der Waals surface area contributed by atoms with Crippen molar-refractivity contribution < 1.29 is 9.59 Å². The van der Waals surface area contributed by atoms with Gasteiger partial charge in [0.25, 0.3) is 0 Å². The lowest BCUT2D eigenvalue weighted by Crippen LogP contribution is -2.45. The summed E-state index contributed by atoms with van der Waals surface area (Å²) in [6.07, 6.45) is 6.34. The number of rotatable bonds is 1. The Morgan fingerprint density at radius 3 is 2.70 bits per heavy atom. The fourth-order valence-corrected chi connectivity index (χ4v) is 4.26. The molecule has 1 aromatic heterocycles. The van der Waals surface area contributed by atoms with Crippen LogP contribution in [0.2, 0.25) is 0 Å². The number of aromatic nitrogens is 1. The molecule has 0 bridgehead atoms. The van der Waals surface area contributed by atoms with Crippen molar-refractivity contribution in [2.24, 2.45) is 5.41 Å². The molecule has 1 N–H and O–H groups in total. The Morgan fingerprint density at radius 2 is 1.89 bits per heavy atom. The van der Waals surface area contributed by atoms with Gasteiger partial charge in [0, 0.05) is 50.4 Å². The number of anilines is 1. The van der Waals surface area contributed by atoms with Gasteiger partial charge in [-0.25, -0.2) is 4.79 Å². The Kier molecular flexibility index (Phi) is 4.72. The minimum absolute atomic E-state index is 0.0464. The number of nitrogens with zero attached hydrogens (tertiary/aromatic N) is 3. The number of carbonyl (C=O) groups is 2. The summed E-state index contributed by atoms with van der Waals surface area (Å²) < 4.78 is 0. The Hall–Kier alpha value is -2.63. The summed E-state index contributed by atoms with van der Waals surface area (Å²) in [5.74, 6) is 0.248. The smallest absolute Gasteiger partial charge is 0.321 e. The van der Waals surface area contributed by atoms with Crippen molar-refractivity contribution in [2.75, 3.05) is 32.0 Å². The fraction of sp³-hybridized carbons (Fsp3) is 0.476. The molecule has 6 heteroatoms. The van der Waals surface area contributed by atoms with Crippen LogP contribution in [-0.4, -0.2) is 53.4 Å². The molecule has 3 heterocycles. The second-order valence-electron chi connectivity index (χ2n) is 7.89. The highest BCUT2D eigenvalue weighted by molar-refractivity contribution is 5.92. The first-order valence-electron chi connectivity index (χ1n) is 9.69. The Balaban J connectivity index is 1.37. The second kappa shape index (κ2) is 7.18. The van der Waals surface area contributed by atoms with E-state index in [9.17, 15) is 9.59 Å². The third-order valence-corrected chi connectivity index (χ3v) is 6.24. The lowest BCUT2D eigenvalue weighted by atomic mass is 9.73. The van der Waals surface area contributed by atoms with E-state index in [0.717, 1.165) is 61.9 Å². The van der Waals surface area contributed by atoms with Crippen LogP contribution in [0.1, 0.15) is 32.1 Å². The van der Waals surface area contributed by atoms with Crippen molar-refractivity contribution in [3.63, 3.8) is 0 Å². The van der Waals surface area contributed by atoms with Crippen molar-refractivity contribution in [1.29, 1.82) is 0 Å². The summed E-state index contributed by atoms with van der Waals surface area (Å²) in [6.45, 7) is 2.33. The number of piperidine rings is 1. The van der Waals surface area contributed by atoms with E-state index in [0.29, 0.717) is 6.42 Å². The van der Waals surface area contributed by atoms with Crippen LogP contribution in [0.5, 0.6) is 0 Å². The predicted octanol–water partition coefficient (Wildman–Crippen LogP) is 3.49. The molecule has 2 fully saturated rings. The van der Waals surface area contributed by atoms with Crippen LogP contribution in [0, 0.1) is 5.41 Å². The molecule has 1 aromatic carbocycles. The Bertz CT molecular complexity index is 858. The van der Waals surface area contributed by atoms with E-state index in [2.05, 4.69) is 10.3 Å². The first-order chi connectivity index (χ1) is 13.0. The highest BCUT2D eigenvalue weighted by atomic mass is 16.2. The van der Waals surface area contributed by atoms with Crippen LogP contribution in [-0.2, 0) is 4.79 Å². The third-order valence-electron chi connectivity index (χ3n) is 6.24. The molecule has 1 spiro atoms. The summed E-state index contributed by atoms with van der Waals surface area (Å²) in [7, 11) is 1.89. The zero-order valence-electron chi connectivity index (χ0n) is 15.8. The normalized spacial score (nSPS) is 20.0. The average Bonchev–Trinajstić information content (AvgIpc) is 2.83. The van der Waals surface area contributed by atoms with Crippen LogP contribution in [0.15, 0.2) is 36.5 Å². The van der Waals surface area contributed by atoms with Gasteiger partial charge in [0.05, 0.1) is 5.52 Å². The van der Waals surface area contributed by atoms with Crippen molar-refractivity contribution in [3.8, 4) is 0 Å². The molecule has 3 amide bonds. The zero-order valence-corrected chi connectivity index (χ0v) is 15.8. The van der Waals surface area contributed by atoms with Gasteiger partial charge in [0.2, 0.25) is 5.91 Å². The maximum Gasteiger partial charge on any atom is 0.321 e. The van der Waals surface area contributed by atoms with Crippen LogP contribution in [0.25, 0.3) is 10.9 Å². The van der Waals surface area contributed by atoms with E-state index >= 15 is 0 Å². The van der Waals surface area contributed by atoms with E-state index in [4.69, 9.17) is 0 Å². The van der Waals surface area contributed by atoms with E-state index in [1.807, 2.05) is 47.2 Å². The zero-order chi connectivity index (χ0) is 18.9. The average molecular weight is 366 g/mol. The van der Waals surface area contributed by atoms with Crippen molar-refractivity contribution in [1.82, 2.24) is 14.8 Å². The number of fused-ring (bicyclic) bond motifs is 1. The van der Waals surface area contributed by atoms with Gasteiger partial charge < -0.3 is 15.1 Å². The molecule has 0 aliphatic carbocycles. The number of carbonyl (C=O) groups excluding carboxylic acids is 2. The van der Waals surface area contributed by atoms with Gasteiger partial charge >= 0.3 is 6.03 Å². The molecular formula is C21H26N4O2. The number of likely N-dealkylation sites (tertiary alicyclic amines) is 2. The molecule has 0 unspecified atom stereocenters. The molecule has 142 valence electrons. The van der Waals surface area contributed by atoms with Gasteiger partial charge in [0.15, 0.2) is 0 Å². The maximum absolute atomic E-state index is 12.7. The number of pyridine rings is 1. The minimum atomic E-state index is -0.0464. The molecule has 0 radical (unpaired) electrons. The minimum Gasteiger partial charge on any atom is -0.346 e. The van der Waals surface area contributed by atoms with Crippen molar-refractivity contribution >= 4 is 28.5 Å². The Labute approximate surface area is 159 Å². The molecule has 0 atom stereocenters. The molecule has 2 aromatic rings. The van der Waals surface area contributed by atoms with Gasteiger partial charge in [-0.15, -0.1) is 0 Å². The van der Waals surface area contributed by atoms with E-state index in [1.165, 1.54) is 0 Å². The van der Waals surface area contributed by atoms with E-state index < -0.39 is 0 Å². The standard InChI is InChI=1S/C21H26N4O2/c1-24-12-8-21(7-6-19(24)26)9-13-25(14-10-21)20(27)23-17-4-5-18-16(15-17)3-2-11-22-18/h2-5,11,15H,6-10,12-14H2,1H3,(H,23,27). The first kappa shape index (κ1) is 17.8. The number of hydrogen-bond acceptors (Lipinski definition) is 3. The van der Waals surface area contributed by atoms with E-state index in [1.54, 1.807) is 6.20 Å². The number of nitrogens with one attached hydrogen (secondary N) is 1. The second-order valence-corrected chi connectivity index (χ2v) is 7.89. The number of urea groups is 1. The van der Waals surface area contributed by atoms with Crippen LogP contribution in [0.4, 0.5) is 10.5 Å². The summed E-state index contributed by atoms with van der Waals surface area (Å²) in [5, 5.41) is 4.03. The topological polar surface area (TPSA) is 65.5 Å². The van der Waals surface area contributed by atoms with Crippen LogP contribution < -0.4 is 5.32 Å². The van der Waals surface area contributed by atoms with Crippen LogP contribution in [0.3, 0.4) is 0 Å². The highest BCUT2D eigenvalue weighted by Crippen LogP contribution is 2.41. The lowest BCUT2D eigenvalue weighted by molar-refractivity contribution is -0.129. The summed E-state index contributed by atoms with van der Waals surface area (Å²) in [4.78, 5) is 32.7. The van der Waals surface area contributed by atoms with Gasteiger partial charge in [0.1, 0.15) is 0 Å². The molecular weight excluding hydrogens is 340 g/mol. The van der Waals surface area contributed by atoms with E-state index in [-0.39, 0.29) is 17.4 Å². The first-order valence-corrected chi connectivity index (χ1v) is 9.69. The molecule has 6 nitrogen and oxygen atoms in total. The maximum atomic E-state index is 12.7. The molecule has 2 aliphatic heterocycles. The van der Waals surface area contributed by atoms with Gasteiger partial charge in [-0.3, -0.25) is 9.78 Å². The monoisotopic (exact) mass is 366 g/mol. The number of amides is 3. The number of benzene rings is 1. The largest absolute Gasteiger partial charge is 0.346 e. The highest BCUT2D eigenvalue weighted by Gasteiger charge is 2.38. The third kappa shape index (κ3) is 3.75. The Morgan fingerprint density at radius 1 is 1.11 bits per heavy atom. The molecule has 27 heavy (non-hydrogen) atoms. The summed E-state index contributed by atoms with van der Waals surface area (Å²) in [6, 6.07) is 9.62. The molecule has 2 saturated heterocycles. The van der Waals surface area contributed by atoms with Crippen molar-refractivity contribution in [3.05, 3.63) is 36.5 Å². The summed E-state index contributed by atoms with van der Waals surface area (Å²) >= 11 is 0. The fourth-order valence-electron chi connectivity index (χ4n) is 4.26. The SMILES string of the molecule is CN1CCC2(CCC1=O)CCN(C(=O)Nc1ccc3ncccc3c1)CC2. The molecule has 0 saturated carbocycles. The quantitative estimate of drug-likeness (QED) is 0.840. The van der Waals surface area contributed by atoms with Crippen molar-refractivity contribution in [2.45, 2.75) is 32.1 Å². The van der Waals surface area contributed by atoms with Gasteiger partial charge in [-0.1, -0.05) is 6.07 Å². The number of hydrogen-bond donors (Lipinski definition) is 1. The molecule has 2 aliphatic rings. The summed E-state index contributed by atoms with van der Waals surface area (Å²) in [5.41, 5.74) is 1.93. The lowest BCUT2D eigenvalue weighted by Gasteiger charge is -2.41.